The summed E-state index contributed by atoms with van der Waals surface area (Å²) < 4.78 is 0. The van der Waals surface area contributed by atoms with E-state index in [1.807, 2.05) is 0 Å². The summed E-state index contributed by atoms with van der Waals surface area (Å²) in [6.45, 7) is 0. The molecule has 2 aromatic rings. The maximum atomic E-state index is 12.7. The Morgan fingerprint density at radius 2 is 1.30 bits per heavy atom. The van der Waals surface area contributed by atoms with Gasteiger partial charge in [-0.1, -0.05) is 24.3 Å². The number of carbonyl (C=O) groups excluding carboxylic acids is 2. The van der Waals surface area contributed by atoms with Crippen LogP contribution in [0.2, 0.25) is 0 Å². The molecule has 116 valence electrons. The van der Waals surface area contributed by atoms with Crippen LogP contribution in [0.3, 0.4) is 0 Å². The fourth-order valence-electron chi connectivity index (χ4n) is 3.41. The number of carbonyl (C=O) groups is 2. The number of fused-ring (bicyclic) bond motifs is 3. The van der Waals surface area contributed by atoms with Gasteiger partial charge in [-0.25, -0.2) is 0 Å². The number of ketones is 2. The highest BCUT2D eigenvalue weighted by molar-refractivity contribution is 6.28. The Morgan fingerprint density at radius 1 is 0.783 bits per heavy atom. The fourth-order valence-corrected chi connectivity index (χ4v) is 3.41. The Kier molecular flexibility index (Phi) is 2.99. The first-order valence-electron chi connectivity index (χ1n) is 7.39. The molecule has 3 N–H and O–H groups in total. The maximum Gasteiger partial charge on any atom is 0.194 e. The molecule has 0 amide bonds. The van der Waals surface area contributed by atoms with E-state index in [0.29, 0.717) is 22.3 Å². The van der Waals surface area contributed by atoms with E-state index in [1.165, 1.54) is 12.1 Å². The Balaban J connectivity index is 1.96. The van der Waals surface area contributed by atoms with Gasteiger partial charge in [0.15, 0.2) is 11.6 Å². The first kappa shape index (κ1) is 14.3. The van der Waals surface area contributed by atoms with Crippen LogP contribution in [-0.4, -0.2) is 33.0 Å². The van der Waals surface area contributed by atoms with Crippen molar-refractivity contribution in [2.45, 2.75) is 24.7 Å². The van der Waals surface area contributed by atoms with Crippen molar-refractivity contribution in [1.29, 1.82) is 0 Å². The molecule has 5 nitrogen and oxygen atoms in total. The smallest absolute Gasteiger partial charge is 0.194 e. The highest BCUT2D eigenvalue weighted by Crippen LogP contribution is 2.40. The van der Waals surface area contributed by atoms with E-state index in [1.54, 1.807) is 24.3 Å². The van der Waals surface area contributed by atoms with Gasteiger partial charge in [0.25, 0.3) is 0 Å². The third-order valence-electron chi connectivity index (χ3n) is 4.64. The molecule has 4 rings (SSSR count). The predicted octanol–water partition coefficient (Wildman–Crippen LogP) is 1.29. The molecule has 3 atom stereocenters. The topological polar surface area (TPSA) is 94.8 Å². The first-order valence-corrected chi connectivity index (χ1v) is 7.39. The van der Waals surface area contributed by atoms with Crippen LogP contribution < -0.4 is 0 Å². The third kappa shape index (κ3) is 1.91. The SMILES string of the molecule is O=C1c2ccccc2C(=O)c2cc3c(cc21)C(O)CC(O)C3O. The average Bonchev–Trinajstić information content (AvgIpc) is 2.56. The lowest BCUT2D eigenvalue weighted by molar-refractivity contribution is -0.0288. The minimum absolute atomic E-state index is 0.00826. The van der Waals surface area contributed by atoms with Gasteiger partial charge in [-0.15, -0.1) is 0 Å². The van der Waals surface area contributed by atoms with E-state index in [9.17, 15) is 24.9 Å². The van der Waals surface area contributed by atoms with Crippen LogP contribution in [0, 0.1) is 0 Å². The van der Waals surface area contributed by atoms with Crippen molar-refractivity contribution >= 4 is 11.6 Å². The molecule has 2 aliphatic rings. The molecule has 0 spiro atoms. The number of aliphatic hydroxyl groups is 3. The minimum Gasteiger partial charge on any atom is -0.390 e. The molecule has 0 aliphatic heterocycles. The van der Waals surface area contributed by atoms with Gasteiger partial charge >= 0.3 is 0 Å². The molecule has 3 unspecified atom stereocenters. The maximum absolute atomic E-state index is 12.7. The average molecular weight is 310 g/mol. The normalized spacial score (nSPS) is 25.6. The van der Waals surface area contributed by atoms with E-state index in [2.05, 4.69) is 0 Å². The van der Waals surface area contributed by atoms with Crippen molar-refractivity contribution < 1.29 is 24.9 Å². The van der Waals surface area contributed by atoms with Crippen LogP contribution in [0.4, 0.5) is 0 Å². The summed E-state index contributed by atoms with van der Waals surface area (Å²) in [7, 11) is 0. The van der Waals surface area contributed by atoms with E-state index < -0.39 is 18.3 Å². The number of aliphatic hydroxyl groups excluding tert-OH is 3. The van der Waals surface area contributed by atoms with Gasteiger partial charge in [0.1, 0.15) is 6.10 Å². The van der Waals surface area contributed by atoms with E-state index in [-0.39, 0.29) is 29.1 Å². The van der Waals surface area contributed by atoms with Gasteiger partial charge in [0, 0.05) is 28.7 Å². The summed E-state index contributed by atoms with van der Waals surface area (Å²) in [5, 5.41) is 30.1. The molecule has 0 saturated carbocycles. The summed E-state index contributed by atoms with van der Waals surface area (Å²) in [6.07, 6.45) is -3.27. The standard InChI is InChI=1S/C18H14O5/c19-14-7-15(20)18(23)11-6-13-12(5-10(11)14)16(21)8-3-1-2-4-9(8)17(13)22/h1-6,14-15,18-20,23H,7H2. The largest absolute Gasteiger partial charge is 0.390 e. The van der Waals surface area contributed by atoms with Crippen molar-refractivity contribution in [3.05, 3.63) is 69.8 Å². The van der Waals surface area contributed by atoms with E-state index in [4.69, 9.17) is 0 Å². The van der Waals surface area contributed by atoms with Gasteiger partial charge in [-0.3, -0.25) is 9.59 Å². The fraction of sp³-hybridized carbons (Fsp3) is 0.222. The zero-order valence-electron chi connectivity index (χ0n) is 12.1. The second-order valence-corrected chi connectivity index (χ2v) is 5.99. The van der Waals surface area contributed by atoms with Crippen molar-refractivity contribution in [1.82, 2.24) is 0 Å². The molecule has 2 aromatic carbocycles. The number of hydrogen-bond donors (Lipinski definition) is 3. The molecule has 2 aliphatic carbocycles. The molecular weight excluding hydrogens is 296 g/mol. The van der Waals surface area contributed by atoms with E-state index >= 15 is 0 Å². The van der Waals surface area contributed by atoms with Crippen molar-refractivity contribution in [3.63, 3.8) is 0 Å². The highest BCUT2D eigenvalue weighted by Gasteiger charge is 2.36. The predicted molar refractivity (Wildman–Crippen MR) is 80.3 cm³/mol. The molecule has 0 bridgehead atoms. The summed E-state index contributed by atoms with van der Waals surface area (Å²) in [5.41, 5.74) is 1.80. The van der Waals surface area contributed by atoms with Gasteiger partial charge < -0.3 is 15.3 Å². The zero-order chi connectivity index (χ0) is 16.3. The Labute approximate surface area is 131 Å². The Bertz CT molecular complexity index is 854. The number of rotatable bonds is 0. The summed E-state index contributed by atoms with van der Waals surface area (Å²) in [6, 6.07) is 9.49. The molecular formula is C18H14O5. The molecule has 0 heterocycles. The molecule has 0 saturated heterocycles. The summed E-state index contributed by atoms with van der Waals surface area (Å²) in [4.78, 5) is 25.3. The minimum atomic E-state index is -1.18. The quantitative estimate of drug-likeness (QED) is 0.581. The first-order chi connectivity index (χ1) is 11.0. The van der Waals surface area contributed by atoms with Crippen LogP contribution in [0.5, 0.6) is 0 Å². The van der Waals surface area contributed by atoms with Crippen molar-refractivity contribution in [2.75, 3.05) is 0 Å². The summed E-state index contributed by atoms with van der Waals surface area (Å²) in [5.74, 6) is -0.564. The third-order valence-corrected chi connectivity index (χ3v) is 4.64. The van der Waals surface area contributed by atoms with Crippen LogP contribution in [0.1, 0.15) is 61.6 Å². The molecule has 5 heteroatoms. The van der Waals surface area contributed by atoms with Gasteiger partial charge in [-0.2, -0.15) is 0 Å². The van der Waals surface area contributed by atoms with Crippen molar-refractivity contribution in [3.8, 4) is 0 Å². The number of hydrogen-bond acceptors (Lipinski definition) is 5. The lowest BCUT2D eigenvalue weighted by Crippen LogP contribution is -2.30. The molecule has 0 aromatic heterocycles. The van der Waals surface area contributed by atoms with E-state index in [0.717, 1.165) is 0 Å². The number of benzene rings is 2. The highest BCUT2D eigenvalue weighted by atomic mass is 16.3. The van der Waals surface area contributed by atoms with Gasteiger partial charge in [0.05, 0.1) is 12.2 Å². The molecule has 0 radical (unpaired) electrons. The lowest BCUT2D eigenvalue weighted by atomic mass is 9.77. The monoisotopic (exact) mass is 310 g/mol. The Morgan fingerprint density at radius 3 is 1.87 bits per heavy atom. The summed E-state index contributed by atoms with van der Waals surface area (Å²) >= 11 is 0. The van der Waals surface area contributed by atoms with Crippen molar-refractivity contribution in [2.24, 2.45) is 0 Å². The Hall–Kier alpha value is -2.34. The lowest BCUT2D eigenvalue weighted by Gasteiger charge is -2.31. The van der Waals surface area contributed by atoms with Crippen LogP contribution >= 0.6 is 0 Å². The van der Waals surface area contributed by atoms with Gasteiger partial charge in [0.2, 0.25) is 0 Å². The second-order valence-electron chi connectivity index (χ2n) is 5.99. The van der Waals surface area contributed by atoms with Crippen LogP contribution in [0.25, 0.3) is 0 Å². The van der Waals surface area contributed by atoms with Crippen LogP contribution in [-0.2, 0) is 0 Å². The zero-order valence-corrected chi connectivity index (χ0v) is 12.1. The molecule has 0 fully saturated rings. The molecule has 23 heavy (non-hydrogen) atoms. The second kappa shape index (κ2) is 4.83. The van der Waals surface area contributed by atoms with Crippen LogP contribution in [0.15, 0.2) is 36.4 Å². The van der Waals surface area contributed by atoms with Gasteiger partial charge in [-0.05, 0) is 23.3 Å².